The van der Waals surface area contributed by atoms with E-state index in [1.165, 1.54) is 12.8 Å². The van der Waals surface area contributed by atoms with E-state index in [2.05, 4.69) is 35.8 Å². The molecule has 0 amide bonds. The number of hydrogen-bond acceptors (Lipinski definition) is 7. The molecule has 7 heteroatoms. The molecule has 2 aliphatic rings. The van der Waals surface area contributed by atoms with E-state index in [0.717, 1.165) is 49.3 Å². The molecule has 0 spiro atoms. The summed E-state index contributed by atoms with van der Waals surface area (Å²) in [5.41, 5.74) is 0.956. The first kappa shape index (κ1) is 15.3. The Hall–Kier alpha value is -2.28. The predicted molar refractivity (Wildman–Crippen MR) is 91.2 cm³/mol. The topological polar surface area (TPSA) is 67.3 Å². The molecular formula is C17H22N6O. The second kappa shape index (κ2) is 6.68. The summed E-state index contributed by atoms with van der Waals surface area (Å²) in [7, 11) is 0. The Kier molecular flexibility index (Phi) is 4.25. The van der Waals surface area contributed by atoms with Crippen molar-refractivity contribution in [2.75, 3.05) is 42.6 Å². The average Bonchev–Trinajstić information content (AvgIpc) is 3.17. The first-order valence-corrected chi connectivity index (χ1v) is 8.53. The van der Waals surface area contributed by atoms with Crippen LogP contribution in [0.3, 0.4) is 0 Å². The summed E-state index contributed by atoms with van der Waals surface area (Å²) in [5.74, 6) is 2.71. The fourth-order valence-corrected chi connectivity index (χ4v) is 3.34. The van der Waals surface area contributed by atoms with Crippen LogP contribution in [-0.2, 0) is 4.74 Å². The molecule has 0 radical (unpaired) electrons. The number of aromatic nitrogens is 4. The second-order valence-corrected chi connectivity index (χ2v) is 6.26. The first-order chi connectivity index (χ1) is 11.8. The number of anilines is 2. The van der Waals surface area contributed by atoms with Gasteiger partial charge in [0.2, 0.25) is 0 Å². The minimum atomic E-state index is -0.0659. The molecule has 24 heavy (non-hydrogen) atoms. The van der Waals surface area contributed by atoms with Crippen LogP contribution in [-0.4, -0.2) is 52.7 Å². The van der Waals surface area contributed by atoms with Gasteiger partial charge < -0.3 is 14.5 Å². The van der Waals surface area contributed by atoms with E-state index < -0.39 is 0 Å². The van der Waals surface area contributed by atoms with Crippen LogP contribution in [0.2, 0.25) is 0 Å². The highest BCUT2D eigenvalue weighted by atomic mass is 16.5. The van der Waals surface area contributed by atoms with Crippen LogP contribution in [0.5, 0.6) is 0 Å². The Morgan fingerprint density at radius 2 is 1.92 bits per heavy atom. The zero-order valence-corrected chi connectivity index (χ0v) is 13.9. The highest BCUT2D eigenvalue weighted by molar-refractivity contribution is 5.42. The summed E-state index contributed by atoms with van der Waals surface area (Å²) in [6.45, 7) is 6.31. The Balaban J connectivity index is 1.56. The molecule has 0 aromatic carbocycles. The standard InChI is InChI=1S/C17H22N6O/c1-13-20-14(10-16(21-13)22-6-2-3-7-22)15-12-23(8-9-24-15)17-11-18-4-5-19-17/h4-5,10-11,15H,2-3,6-9,12H2,1H3. The van der Waals surface area contributed by atoms with Crippen molar-refractivity contribution in [1.82, 2.24) is 19.9 Å². The Labute approximate surface area is 141 Å². The van der Waals surface area contributed by atoms with Crippen molar-refractivity contribution in [2.45, 2.75) is 25.9 Å². The van der Waals surface area contributed by atoms with Gasteiger partial charge in [0.05, 0.1) is 25.0 Å². The molecule has 2 aromatic rings. The molecular weight excluding hydrogens is 304 g/mol. The normalized spacial score (nSPS) is 21.3. The molecule has 2 aromatic heterocycles. The quantitative estimate of drug-likeness (QED) is 0.851. The summed E-state index contributed by atoms with van der Waals surface area (Å²) in [6, 6.07) is 2.09. The molecule has 0 aliphatic carbocycles. The van der Waals surface area contributed by atoms with Gasteiger partial charge in [0.1, 0.15) is 23.6 Å². The predicted octanol–water partition coefficient (Wildman–Crippen LogP) is 1.75. The van der Waals surface area contributed by atoms with Crippen molar-refractivity contribution >= 4 is 11.6 Å². The molecule has 4 rings (SSSR count). The number of nitrogens with zero attached hydrogens (tertiary/aromatic N) is 6. The van der Waals surface area contributed by atoms with Gasteiger partial charge in [-0.25, -0.2) is 15.0 Å². The molecule has 2 fully saturated rings. The summed E-state index contributed by atoms with van der Waals surface area (Å²) in [4.78, 5) is 22.3. The Morgan fingerprint density at radius 3 is 2.71 bits per heavy atom. The molecule has 2 saturated heterocycles. The van der Waals surface area contributed by atoms with Crippen LogP contribution in [0.1, 0.15) is 30.5 Å². The Bertz CT molecular complexity index is 689. The van der Waals surface area contributed by atoms with E-state index in [9.17, 15) is 0 Å². The van der Waals surface area contributed by atoms with E-state index in [1.807, 2.05) is 6.92 Å². The smallest absolute Gasteiger partial charge is 0.147 e. The van der Waals surface area contributed by atoms with Crippen molar-refractivity contribution in [3.63, 3.8) is 0 Å². The van der Waals surface area contributed by atoms with Gasteiger partial charge in [0, 0.05) is 38.1 Å². The zero-order valence-electron chi connectivity index (χ0n) is 13.9. The number of rotatable bonds is 3. The van der Waals surface area contributed by atoms with Crippen molar-refractivity contribution < 1.29 is 4.74 Å². The van der Waals surface area contributed by atoms with Crippen LogP contribution in [0.4, 0.5) is 11.6 Å². The third-order valence-electron chi connectivity index (χ3n) is 4.54. The van der Waals surface area contributed by atoms with Gasteiger partial charge in [-0.1, -0.05) is 0 Å². The molecule has 0 saturated carbocycles. The third-order valence-corrected chi connectivity index (χ3v) is 4.54. The number of aryl methyl sites for hydroxylation is 1. The monoisotopic (exact) mass is 326 g/mol. The zero-order chi connectivity index (χ0) is 16.4. The van der Waals surface area contributed by atoms with Crippen LogP contribution in [0.15, 0.2) is 24.7 Å². The molecule has 2 aliphatic heterocycles. The maximum absolute atomic E-state index is 5.99. The second-order valence-electron chi connectivity index (χ2n) is 6.26. The van der Waals surface area contributed by atoms with E-state index >= 15 is 0 Å². The van der Waals surface area contributed by atoms with E-state index in [1.54, 1.807) is 18.6 Å². The maximum Gasteiger partial charge on any atom is 0.147 e. The van der Waals surface area contributed by atoms with Crippen LogP contribution in [0, 0.1) is 6.92 Å². The highest BCUT2D eigenvalue weighted by Crippen LogP contribution is 2.27. The molecule has 0 N–H and O–H groups in total. The van der Waals surface area contributed by atoms with Crippen LogP contribution >= 0.6 is 0 Å². The van der Waals surface area contributed by atoms with Gasteiger partial charge in [-0.3, -0.25) is 4.98 Å². The molecule has 1 unspecified atom stereocenters. The third kappa shape index (κ3) is 3.17. The molecule has 4 heterocycles. The molecule has 0 bridgehead atoms. The lowest BCUT2D eigenvalue weighted by Crippen LogP contribution is -2.39. The summed E-state index contributed by atoms with van der Waals surface area (Å²) < 4.78 is 5.99. The average molecular weight is 326 g/mol. The van der Waals surface area contributed by atoms with Gasteiger partial charge in [0.15, 0.2) is 0 Å². The largest absolute Gasteiger partial charge is 0.368 e. The van der Waals surface area contributed by atoms with Crippen molar-refractivity contribution in [1.29, 1.82) is 0 Å². The minimum Gasteiger partial charge on any atom is -0.368 e. The van der Waals surface area contributed by atoms with Crippen LogP contribution < -0.4 is 9.80 Å². The van der Waals surface area contributed by atoms with Crippen molar-refractivity contribution in [3.8, 4) is 0 Å². The lowest BCUT2D eigenvalue weighted by Gasteiger charge is -2.33. The van der Waals surface area contributed by atoms with Gasteiger partial charge in [0.25, 0.3) is 0 Å². The highest BCUT2D eigenvalue weighted by Gasteiger charge is 2.26. The summed E-state index contributed by atoms with van der Waals surface area (Å²) >= 11 is 0. The molecule has 7 nitrogen and oxygen atoms in total. The minimum absolute atomic E-state index is 0.0659. The van der Waals surface area contributed by atoms with E-state index in [0.29, 0.717) is 6.61 Å². The fourth-order valence-electron chi connectivity index (χ4n) is 3.34. The van der Waals surface area contributed by atoms with Gasteiger partial charge in [-0.2, -0.15) is 0 Å². The Morgan fingerprint density at radius 1 is 1.04 bits per heavy atom. The van der Waals surface area contributed by atoms with Gasteiger partial charge in [-0.15, -0.1) is 0 Å². The van der Waals surface area contributed by atoms with Crippen LogP contribution in [0.25, 0.3) is 0 Å². The number of hydrogen-bond donors (Lipinski definition) is 0. The molecule has 1 atom stereocenters. The van der Waals surface area contributed by atoms with Gasteiger partial charge >= 0.3 is 0 Å². The maximum atomic E-state index is 5.99. The lowest BCUT2D eigenvalue weighted by atomic mass is 10.2. The van der Waals surface area contributed by atoms with E-state index in [-0.39, 0.29) is 6.10 Å². The SMILES string of the molecule is Cc1nc(C2CN(c3cnccn3)CCO2)cc(N2CCCC2)n1. The number of morpholine rings is 1. The lowest BCUT2D eigenvalue weighted by molar-refractivity contribution is 0.0366. The van der Waals surface area contributed by atoms with Gasteiger partial charge in [-0.05, 0) is 19.8 Å². The number of ether oxygens (including phenoxy) is 1. The van der Waals surface area contributed by atoms with Crippen molar-refractivity contribution in [3.05, 3.63) is 36.2 Å². The summed E-state index contributed by atoms with van der Waals surface area (Å²) in [5, 5.41) is 0. The summed E-state index contributed by atoms with van der Waals surface area (Å²) in [6.07, 6.45) is 7.61. The molecule has 126 valence electrons. The first-order valence-electron chi connectivity index (χ1n) is 8.53. The van der Waals surface area contributed by atoms with E-state index in [4.69, 9.17) is 4.74 Å². The fraction of sp³-hybridized carbons (Fsp3) is 0.529. The van der Waals surface area contributed by atoms with Crippen molar-refractivity contribution in [2.24, 2.45) is 0 Å².